The van der Waals surface area contributed by atoms with E-state index >= 15 is 0 Å². The average Bonchev–Trinajstić information content (AvgIpc) is 3.09. The van der Waals surface area contributed by atoms with E-state index in [1.165, 1.54) is 10.6 Å². The van der Waals surface area contributed by atoms with Crippen molar-refractivity contribution in [3.05, 3.63) is 29.1 Å². The van der Waals surface area contributed by atoms with Gasteiger partial charge in [-0.3, -0.25) is 4.31 Å². The number of aromatic nitrogens is 1. The first kappa shape index (κ1) is 17.2. The van der Waals surface area contributed by atoms with Crippen LogP contribution in [0.1, 0.15) is 32.3 Å². The topological polar surface area (TPSA) is 62.3 Å². The molecule has 5 nitrogen and oxygen atoms in total. The van der Waals surface area contributed by atoms with E-state index in [0.29, 0.717) is 0 Å². The van der Waals surface area contributed by atoms with Gasteiger partial charge in [0.25, 0.3) is 0 Å². The first-order valence-electron chi connectivity index (χ1n) is 8.22. The lowest BCUT2D eigenvalue weighted by Gasteiger charge is -2.21. The average molecular weight is 366 g/mol. The summed E-state index contributed by atoms with van der Waals surface area (Å²) in [6.45, 7) is 5.05. The standard InChI is InChI=1S/C17H23N3O2S2/c1-4-5-8-18-17-19-15(11-23-17)13-6-7-16-14(10-13)9-12(2)20(16)24(3,21)22/h6-7,10-12H,4-5,8-9H2,1-3H3,(H,18,19)/t12-/m0/s1. The van der Waals surface area contributed by atoms with Gasteiger partial charge in [0, 0.05) is 23.5 Å². The number of benzene rings is 1. The summed E-state index contributed by atoms with van der Waals surface area (Å²) in [6.07, 6.45) is 4.29. The molecule has 1 N–H and O–H groups in total. The van der Waals surface area contributed by atoms with Gasteiger partial charge in [0.1, 0.15) is 0 Å². The van der Waals surface area contributed by atoms with Crippen molar-refractivity contribution in [1.82, 2.24) is 4.98 Å². The Labute approximate surface area is 147 Å². The van der Waals surface area contributed by atoms with Crippen LogP contribution in [0.15, 0.2) is 23.6 Å². The van der Waals surface area contributed by atoms with Crippen LogP contribution in [0.2, 0.25) is 0 Å². The van der Waals surface area contributed by atoms with E-state index in [-0.39, 0.29) is 6.04 Å². The van der Waals surface area contributed by atoms with Crippen LogP contribution in [0.3, 0.4) is 0 Å². The summed E-state index contributed by atoms with van der Waals surface area (Å²) in [5.74, 6) is 0. The van der Waals surface area contributed by atoms with Crippen LogP contribution in [0.4, 0.5) is 10.8 Å². The second-order valence-electron chi connectivity index (χ2n) is 6.27. The zero-order chi connectivity index (χ0) is 17.3. The fraction of sp³-hybridized carbons (Fsp3) is 0.471. The highest BCUT2D eigenvalue weighted by atomic mass is 32.2. The van der Waals surface area contributed by atoms with Crippen LogP contribution in [-0.2, 0) is 16.4 Å². The van der Waals surface area contributed by atoms with Crippen molar-refractivity contribution in [2.45, 2.75) is 39.2 Å². The molecule has 130 valence electrons. The highest BCUT2D eigenvalue weighted by Crippen LogP contribution is 2.37. The molecule has 7 heteroatoms. The zero-order valence-electron chi connectivity index (χ0n) is 14.2. The molecule has 0 unspecified atom stereocenters. The smallest absolute Gasteiger partial charge is 0.232 e. The van der Waals surface area contributed by atoms with Gasteiger partial charge in [-0.1, -0.05) is 19.4 Å². The van der Waals surface area contributed by atoms with Crippen LogP contribution in [0.5, 0.6) is 0 Å². The Morgan fingerprint density at radius 3 is 2.92 bits per heavy atom. The summed E-state index contributed by atoms with van der Waals surface area (Å²) in [7, 11) is -3.24. The summed E-state index contributed by atoms with van der Waals surface area (Å²) in [6, 6.07) is 5.90. The Morgan fingerprint density at radius 1 is 1.42 bits per heavy atom. The summed E-state index contributed by atoms with van der Waals surface area (Å²) < 4.78 is 25.5. The van der Waals surface area contributed by atoms with Crippen molar-refractivity contribution in [1.29, 1.82) is 0 Å². The maximum absolute atomic E-state index is 12.0. The monoisotopic (exact) mass is 365 g/mol. The van der Waals surface area contributed by atoms with Gasteiger partial charge in [-0.25, -0.2) is 13.4 Å². The molecule has 0 amide bonds. The van der Waals surface area contributed by atoms with E-state index in [9.17, 15) is 8.42 Å². The Bertz CT molecular complexity index is 830. The van der Waals surface area contributed by atoms with Gasteiger partial charge in [0.05, 0.1) is 17.6 Å². The lowest BCUT2D eigenvalue weighted by molar-refractivity contribution is 0.590. The van der Waals surface area contributed by atoms with Crippen molar-refractivity contribution >= 4 is 32.2 Å². The number of hydrogen-bond donors (Lipinski definition) is 1. The number of fused-ring (bicyclic) bond motifs is 1. The maximum Gasteiger partial charge on any atom is 0.232 e. The third kappa shape index (κ3) is 3.42. The molecule has 1 aliphatic heterocycles. The van der Waals surface area contributed by atoms with E-state index < -0.39 is 10.0 Å². The molecule has 0 aliphatic carbocycles. The molecule has 0 bridgehead atoms. The Morgan fingerprint density at radius 2 is 2.21 bits per heavy atom. The van der Waals surface area contributed by atoms with Crippen molar-refractivity contribution in [2.24, 2.45) is 0 Å². The molecule has 2 heterocycles. The van der Waals surface area contributed by atoms with Crippen LogP contribution in [0.25, 0.3) is 11.3 Å². The minimum atomic E-state index is -3.24. The molecule has 0 fully saturated rings. The lowest BCUT2D eigenvalue weighted by atomic mass is 10.1. The predicted molar refractivity (Wildman–Crippen MR) is 101 cm³/mol. The molecule has 24 heavy (non-hydrogen) atoms. The van der Waals surface area contributed by atoms with Crippen LogP contribution < -0.4 is 9.62 Å². The number of unbranched alkanes of at least 4 members (excludes halogenated alkanes) is 1. The molecule has 0 saturated heterocycles. The number of hydrogen-bond acceptors (Lipinski definition) is 5. The largest absolute Gasteiger partial charge is 0.362 e. The van der Waals surface area contributed by atoms with E-state index in [1.807, 2.05) is 24.4 Å². The minimum absolute atomic E-state index is 0.0352. The number of anilines is 2. The van der Waals surface area contributed by atoms with E-state index in [2.05, 4.69) is 23.3 Å². The van der Waals surface area contributed by atoms with Gasteiger partial charge in [-0.15, -0.1) is 11.3 Å². The summed E-state index contributed by atoms with van der Waals surface area (Å²) in [5, 5.41) is 6.32. The Hall–Kier alpha value is -1.60. The highest BCUT2D eigenvalue weighted by molar-refractivity contribution is 7.92. The molecular weight excluding hydrogens is 342 g/mol. The van der Waals surface area contributed by atoms with Crippen LogP contribution >= 0.6 is 11.3 Å². The fourth-order valence-electron chi connectivity index (χ4n) is 3.13. The molecule has 0 spiro atoms. The SMILES string of the molecule is CCCCNc1nc(-c2ccc3c(c2)C[C@H](C)N3S(C)(=O)=O)cs1. The van der Waals surface area contributed by atoms with Crippen molar-refractivity contribution < 1.29 is 8.42 Å². The van der Waals surface area contributed by atoms with Crippen LogP contribution in [-0.4, -0.2) is 32.2 Å². The Balaban J connectivity index is 1.84. The second kappa shape index (κ2) is 6.72. The lowest BCUT2D eigenvalue weighted by Crippen LogP contribution is -2.34. The quantitative estimate of drug-likeness (QED) is 0.792. The molecule has 1 aromatic carbocycles. The van der Waals surface area contributed by atoms with E-state index in [4.69, 9.17) is 0 Å². The fourth-order valence-corrected chi connectivity index (χ4v) is 5.14. The normalized spacial score (nSPS) is 17.1. The van der Waals surface area contributed by atoms with Gasteiger partial charge < -0.3 is 5.32 Å². The van der Waals surface area contributed by atoms with E-state index in [0.717, 1.165) is 53.4 Å². The molecule has 1 aliphatic rings. The number of rotatable bonds is 6. The molecule has 3 rings (SSSR count). The number of sulfonamides is 1. The van der Waals surface area contributed by atoms with Crippen molar-refractivity contribution in [3.8, 4) is 11.3 Å². The highest BCUT2D eigenvalue weighted by Gasteiger charge is 2.32. The zero-order valence-corrected chi connectivity index (χ0v) is 15.9. The molecule has 1 aromatic heterocycles. The van der Waals surface area contributed by atoms with Gasteiger partial charge in [-0.2, -0.15) is 0 Å². The van der Waals surface area contributed by atoms with Gasteiger partial charge in [0.2, 0.25) is 10.0 Å². The molecular formula is C17H23N3O2S2. The van der Waals surface area contributed by atoms with Crippen molar-refractivity contribution in [3.63, 3.8) is 0 Å². The minimum Gasteiger partial charge on any atom is -0.362 e. The first-order chi connectivity index (χ1) is 11.4. The predicted octanol–water partition coefficient (Wildman–Crippen LogP) is 3.73. The van der Waals surface area contributed by atoms with Crippen LogP contribution in [0, 0.1) is 0 Å². The second-order valence-corrected chi connectivity index (χ2v) is 8.99. The first-order valence-corrected chi connectivity index (χ1v) is 10.9. The van der Waals surface area contributed by atoms with Gasteiger partial charge in [-0.05, 0) is 37.5 Å². The maximum atomic E-state index is 12.0. The molecule has 0 saturated carbocycles. The molecule has 0 radical (unpaired) electrons. The summed E-state index contributed by atoms with van der Waals surface area (Å²) in [5.41, 5.74) is 3.84. The Kier molecular flexibility index (Phi) is 4.83. The summed E-state index contributed by atoms with van der Waals surface area (Å²) >= 11 is 1.60. The van der Waals surface area contributed by atoms with Gasteiger partial charge >= 0.3 is 0 Å². The number of nitrogens with one attached hydrogen (secondary N) is 1. The summed E-state index contributed by atoms with van der Waals surface area (Å²) in [4.78, 5) is 4.64. The third-order valence-corrected chi connectivity index (χ3v) is 6.27. The number of nitrogens with zero attached hydrogens (tertiary/aromatic N) is 2. The van der Waals surface area contributed by atoms with Crippen molar-refractivity contribution in [2.75, 3.05) is 22.4 Å². The number of thiazole rings is 1. The third-order valence-electron chi connectivity index (χ3n) is 4.20. The molecule has 1 atom stereocenters. The molecule has 2 aromatic rings. The van der Waals surface area contributed by atoms with Gasteiger partial charge in [0.15, 0.2) is 5.13 Å². The van der Waals surface area contributed by atoms with E-state index in [1.54, 1.807) is 11.3 Å².